The van der Waals surface area contributed by atoms with E-state index in [9.17, 15) is 0 Å². The summed E-state index contributed by atoms with van der Waals surface area (Å²) in [5.74, 6) is 0. The van der Waals surface area contributed by atoms with Crippen LogP contribution in [-0.2, 0) is 4.74 Å². The quantitative estimate of drug-likeness (QED) is 0.439. The summed E-state index contributed by atoms with van der Waals surface area (Å²) < 4.78 is 4.77. The van der Waals surface area contributed by atoms with Crippen molar-refractivity contribution >= 4 is 17.2 Å². The molecule has 0 spiro atoms. The number of hydrogen-bond donors (Lipinski definition) is 3. The predicted octanol–water partition coefficient (Wildman–Crippen LogP) is -1.36. The highest BCUT2D eigenvalue weighted by molar-refractivity contribution is 7.80. The third kappa shape index (κ3) is 5.90. The number of aliphatic hydroxyl groups excluding tert-OH is 2. The van der Waals surface area contributed by atoms with Crippen LogP contribution < -0.4 is 5.73 Å². The number of thiocarbonyl (C=S) groups is 1. The van der Waals surface area contributed by atoms with Crippen LogP contribution in [0.4, 0.5) is 0 Å². The monoisotopic (exact) mass is 165 g/mol. The average molecular weight is 165 g/mol. The van der Waals surface area contributed by atoms with Crippen LogP contribution in [0.2, 0.25) is 0 Å². The van der Waals surface area contributed by atoms with E-state index < -0.39 is 6.10 Å². The molecule has 0 aromatic rings. The summed E-state index contributed by atoms with van der Waals surface area (Å²) in [6.07, 6.45) is -0.839. The Morgan fingerprint density at radius 2 is 2.30 bits per heavy atom. The van der Waals surface area contributed by atoms with E-state index in [4.69, 9.17) is 20.7 Å². The molecule has 0 aliphatic carbocycles. The molecule has 0 amide bonds. The molecule has 0 heterocycles. The predicted molar refractivity (Wildman–Crippen MR) is 40.7 cm³/mol. The van der Waals surface area contributed by atoms with Crippen LogP contribution in [0.15, 0.2) is 0 Å². The van der Waals surface area contributed by atoms with E-state index in [1.165, 1.54) is 0 Å². The van der Waals surface area contributed by atoms with Crippen LogP contribution in [0, 0.1) is 0 Å². The molecule has 0 saturated heterocycles. The largest absolute Gasteiger partial charge is 0.394 e. The minimum atomic E-state index is -0.839. The second kappa shape index (κ2) is 5.55. The van der Waals surface area contributed by atoms with Crippen molar-refractivity contribution in [2.45, 2.75) is 6.10 Å². The summed E-state index contributed by atoms with van der Waals surface area (Å²) in [6.45, 7) is -0.0996. The topological polar surface area (TPSA) is 75.7 Å². The molecule has 0 aromatic carbocycles. The van der Waals surface area contributed by atoms with Crippen molar-refractivity contribution in [2.24, 2.45) is 5.73 Å². The Kier molecular flexibility index (Phi) is 5.42. The van der Waals surface area contributed by atoms with E-state index in [0.29, 0.717) is 0 Å². The Morgan fingerprint density at radius 1 is 1.70 bits per heavy atom. The van der Waals surface area contributed by atoms with Gasteiger partial charge in [-0.15, -0.1) is 0 Å². The van der Waals surface area contributed by atoms with Crippen molar-refractivity contribution in [3.05, 3.63) is 0 Å². The molecule has 0 fully saturated rings. The summed E-state index contributed by atoms with van der Waals surface area (Å²) in [5.41, 5.74) is 5.08. The first kappa shape index (κ1) is 9.77. The fourth-order valence-electron chi connectivity index (χ4n) is 0.348. The summed E-state index contributed by atoms with van der Waals surface area (Å²) in [4.78, 5) is 0.241. The van der Waals surface area contributed by atoms with Crippen molar-refractivity contribution in [1.82, 2.24) is 0 Å². The van der Waals surface area contributed by atoms with Gasteiger partial charge in [0.05, 0.1) is 24.8 Å². The SMILES string of the molecule is NC(=S)COCC(O)CO. The van der Waals surface area contributed by atoms with Gasteiger partial charge in [0, 0.05) is 0 Å². The fraction of sp³-hybridized carbons (Fsp3) is 0.800. The molecule has 4 nitrogen and oxygen atoms in total. The number of hydrogen-bond acceptors (Lipinski definition) is 4. The minimum Gasteiger partial charge on any atom is -0.394 e. The van der Waals surface area contributed by atoms with Crippen LogP contribution in [0.3, 0.4) is 0 Å². The highest BCUT2D eigenvalue weighted by Gasteiger charge is 2.00. The standard InChI is InChI=1S/C5H11NO3S/c6-5(10)3-9-2-4(8)1-7/h4,7-8H,1-3H2,(H2,6,10). The van der Waals surface area contributed by atoms with E-state index in [2.05, 4.69) is 12.2 Å². The molecule has 10 heavy (non-hydrogen) atoms. The number of nitrogens with two attached hydrogens (primary N) is 1. The minimum absolute atomic E-state index is 0.0633. The molecule has 0 aliphatic rings. The van der Waals surface area contributed by atoms with Gasteiger partial charge >= 0.3 is 0 Å². The molecule has 0 aromatic heterocycles. The molecular formula is C5H11NO3S. The van der Waals surface area contributed by atoms with Crippen molar-refractivity contribution in [2.75, 3.05) is 19.8 Å². The van der Waals surface area contributed by atoms with Crippen molar-refractivity contribution < 1.29 is 14.9 Å². The second-order valence-electron chi connectivity index (χ2n) is 1.82. The van der Waals surface area contributed by atoms with E-state index in [1.54, 1.807) is 0 Å². The lowest BCUT2D eigenvalue weighted by Gasteiger charge is -2.06. The molecule has 60 valence electrons. The smallest absolute Gasteiger partial charge is 0.100 e. The fourth-order valence-corrected chi connectivity index (χ4v) is 0.432. The van der Waals surface area contributed by atoms with Gasteiger partial charge in [0.15, 0.2) is 0 Å². The maximum absolute atomic E-state index is 8.71. The number of ether oxygens (including phenoxy) is 1. The molecule has 0 radical (unpaired) electrons. The van der Waals surface area contributed by atoms with Crippen molar-refractivity contribution in [3.8, 4) is 0 Å². The van der Waals surface area contributed by atoms with Crippen LogP contribution in [0.5, 0.6) is 0 Å². The zero-order valence-electron chi connectivity index (χ0n) is 5.49. The average Bonchev–Trinajstić information content (AvgIpc) is 1.87. The molecule has 0 saturated carbocycles. The first-order chi connectivity index (χ1) is 4.66. The Bertz CT molecular complexity index is 109. The van der Waals surface area contributed by atoms with Crippen LogP contribution in [-0.4, -0.2) is 41.1 Å². The highest BCUT2D eigenvalue weighted by atomic mass is 32.1. The molecule has 0 aliphatic heterocycles. The summed E-state index contributed by atoms with van der Waals surface area (Å²) in [7, 11) is 0. The molecule has 1 unspecified atom stereocenters. The molecule has 4 N–H and O–H groups in total. The van der Waals surface area contributed by atoms with Gasteiger partial charge in [-0.2, -0.15) is 0 Å². The third-order valence-electron chi connectivity index (χ3n) is 0.765. The van der Waals surface area contributed by atoms with Gasteiger partial charge in [-0.1, -0.05) is 12.2 Å². The highest BCUT2D eigenvalue weighted by Crippen LogP contribution is 1.82. The Morgan fingerprint density at radius 3 is 2.70 bits per heavy atom. The van der Waals surface area contributed by atoms with E-state index in [1.807, 2.05) is 0 Å². The molecule has 0 bridgehead atoms. The van der Waals surface area contributed by atoms with E-state index in [0.717, 1.165) is 0 Å². The zero-order valence-corrected chi connectivity index (χ0v) is 6.30. The zero-order chi connectivity index (χ0) is 7.98. The maximum Gasteiger partial charge on any atom is 0.100 e. The van der Waals surface area contributed by atoms with Gasteiger partial charge in [0.25, 0.3) is 0 Å². The Balaban J connectivity index is 3.11. The first-order valence-electron chi connectivity index (χ1n) is 2.81. The maximum atomic E-state index is 8.71. The van der Waals surface area contributed by atoms with Crippen molar-refractivity contribution in [1.29, 1.82) is 0 Å². The van der Waals surface area contributed by atoms with Crippen LogP contribution >= 0.6 is 12.2 Å². The molecule has 1 atom stereocenters. The van der Waals surface area contributed by atoms with E-state index in [-0.39, 0.29) is 24.8 Å². The summed E-state index contributed by atoms with van der Waals surface area (Å²) in [5, 5.41) is 17.0. The summed E-state index contributed by atoms with van der Waals surface area (Å²) >= 11 is 4.49. The van der Waals surface area contributed by atoms with Gasteiger partial charge < -0.3 is 20.7 Å². The number of aliphatic hydroxyl groups is 2. The lowest BCUT2D eigenvalue weighted by atomic mass is 10.4. The third-order valence-corrected chi connectivity index (χ3v) is 0.883. The molecule has 5 heteroatoms. The Hall–Kier alpha value is -0.230. The Labute approximate surface area is 64.6 Å². The first-order valence-corrected chi connectivity index (χ1v) is 3.22. The van der Waals surface area contributed by atoms with Crippen molar-refractivity contribution in [3.63, 3.8) is 0 Å². The van der Waals surface area contributed by atoms with Crippen LogP contribution in [0.25, 0.3) is 0 Å². The van der Waals surface area contributed by atoms with Crippen LogP contribution in [0.1, 0.15) is 0 Å². The second-order valence-corrected chi connectivity index (χ2v) is 2.34. The van der Waals surface area contributed by atoms with Gasteiger partial charge in [-0.05, 0) is 0 Å². The van der Waals surface area contributed by atoms with Gasteiger partial charge in [-0.25, -0.2) is 0 Å². The lowest BCUT2D eigenvalue weighted by molar-refractivity contribution is 0.0180. The van der Waals surface area contributed by atoms with Gasteiger partial charge in [-0.3, -0.25) is 0 Å². The lowest BCUT2D eigenvalue weighted by Crippen LogP contribution is -2.23. The van der Waals surface area contributed by atoms with Gasteiger partial charge in [0.1, 0.15) is 6.10 Å². The van der Waals surface area contributed by atoms with E-state index >= 15 is 0 Å². The van der Waals surface area contributed by atoms with Gasteiger partial charge in [0.2, 0.25) is 0 Å². The summed E-state index contributed by atoms with van der Waals surface area (Å²) in [6, 6.07) is 0. The molecule has 0 rings (SSSR count). The normalized spacial score (nSPS) is 13.0. The molecular weight excluding hydrogens is 154 g/mol. The number of rotatable bonds is 5.